The van der Waals surface area contributed by atoms with Crippen LogP contribution in [0.1, 0.15) is 12.0 Å². The van der Waals surface area contributed by atoms with Crippen molar-refractivity contribution in [3.05, 3.63) is 33.9 Å². The molecular weight excluding hydrogens is 289 g/mol. The third kappa shape index (κ3) is 3.00. The molecule has 0 saturated heterocycles. The normalized spacial score (nSPS) is 10.6. The number of aryl methyl sites for hydroxylation is 1. The molecule has 2 aromatic rings. The van der Waals surface area contributed by atoms with Gasteiger partial charge in [0.2, 0.25) is 5.91 Å². The Balaban J connectivity index is 2.20. The van der Waals surface area contributed by atoms with E-state index in [0.29, 0.717) is 16.5 Å². The van der Waals surface area contributed by atoms with Gasteiger partial charge in [-0.1, -0.05) is 23.2 Å². The average Bonchev–Trinajstić information content (AvgIpc) is 2.75. The average molecular weight is 300 g/mol. The summed E-state index contributed by atoms with van der Waals surface area (Å²) >= 11 is 12.2. The van der Waals surface area contributed by atoms with Crippen LogP contribution in [0.15, 0.2) is 18.3 Å². The van der Waals surface area contributed by atoms with E-state index in [9.17, 15) is 9.59 Å². The minimum Gasteiger partial charge on any atom is -0.360 e. The predicted octanol–water partition coefficient (Wildman–Crippen LogP) is 2.60. The molecule has 0 radical (unpaired) electrons. The van der Waals surface area contributed by atoms with Crippen LogP contribution in [0.4, 0.5) is 4.79 Å². The van der Waals surface area contributed by atoms with Crippen molar-refractivity contribution in [1.82, 2.24) is 10.3 Å². The number of carbonyl (C=O) groups is 2. The lowest BCUT2D eigenvalue weighted by molar-refractivity contribution is -0.119. The minimum absolute atomic E-state index is 0.138. The van der Waals surface area contributed by atoms with Gasteiger partial charge in [-0.2, -0.15) is 0 Å². The van der Waals surface area contributed by atoms with Crippen molar-refractivity contribution >= 4 is 46.0 Å². The highest BCUT2D eigenvalue weighted by molar-refractivity contribution is 6.40. The van der Waals surface area contributed by atoms with Gasteiger partial charge < -0.3 is 10.7 Å². The van der Waals surface area contributed by atoms with Crippen molar-refractivity contribution in [2.75, 3.05) is 0 Å². The second-order valence-corrected chi connectivity index (χ2v) is 4.82. The van der Waals surface area contributed by atoms with Gasteiger partial charge in [-0.25, -0.2) is 4.79 Å². The Hall–Kier alpha value is -1.72. The highest BCUT2D eigenvalue weighted by Gasteiger charge is 2.12. The Labute approximate surface area is 119 Å². The first-order valence-electron chi connectivity index (χ1n) is 5.52. The van der Waals surface area contributed by atoms with Gasteiger partial charge in [-0.15, -0.1) is 0 Å². The zero-order valence-electron chi connectivity index (χ0n) is 9.80. The van der Waals surface area contributed by atoms with Crippen LogP contribution in [0.5, 0.6) is 0 Å². The number of urea groups is 1. The topological polar surface area (TPSA) is 88.0 Å². The summed E-state index contributed by atoms with van der Waals surface area (Å²) in [7, 11) is 0. The number of nitrogens with one attached hydrogen (secondary N) is 2. The van der Waals surface area contributed by atoms with E-state index in [4.69, 9.17) is 28.9 Å². The van der Waals surface area contributed by atoms with Gasteiger partial charge in [0.05, 0.1) is 15.6 Å². The van der Waals surface area contributed by atoms with Crippen molar-refractivity contribution < 1.29 is 9.59 Å². The van der Waals surface area contributed by atoms with Gasteiger partial charge in [-0.05, 0) is 24.1 Å². The number of carbonyl (C=O) groups excluding carboxylic acids is 2. The van der Waals surface area contributed by atoms with Crippen LogP contribution in [0.25, 0.3) is 10.9 Å². The summed E-state index contributed by atoms with van der Waals surface area (Å²) < 4.78 is 0. The summed E-state index contributed by atoms with van der Waals surface area (Å²) in [5.74, 6) is -0.431. The van der Waals surface area contributed by atoms with Gasteiger partial charge in [0.15, 0.2) is 0 Å². The van der Waals surface area contributed by atoms with E-state index in [-0.39, 0.29) is 6.42 Å². The number of halogens is 2. The van der Waals surface area contributed by atoms with Crippen LogP contribution in [0.2, 0.25) is 10.0 Å². The highest BCUT2D eigenvalue weighted by Crippen LogP contribution is 2.32. The molecule has 0 fully saturated rings. The van der Waals surface area contributed by atoms with Crippen LogP contribution in [-0.2, 0) is 11.2 Å². The number of benzene rings is 1. The third-order valence-corrected chi connectivity index (χ3v) is 3.33. The number of hydrogen-bond donors (Lipinski definition) is 3. The number of hydrogen-bond acceptors (Lipinski definition) is 2. The Morgan fingerprint density at radius 2 is 1.95 bits per heavy atom. The van der Waals surface area contributed by atoms with Crippen LogP contribution in [0, 0.1) is 0 Å². The fourth-order valence-electron chi connectivity index (χ4n) is 1.88. The van der Waals surface area contributed by atoms with Gasteiger partial charge in [0, 0.05) is 18.0 Å². The second kappa shape index (κ2) is 5.50. The third-order valence-electron chi connectivity index (χ3n) is 2.70. The number of aromatic nitrogens is 1. The molecule has 0 aliphatic heterocycles. The Bertz CT molecular complexity index is 652. The van der Waals surface area contributed by atoms with E-state index in [1.165, 1.54) is 0 Å². The Morgan fingerprint density at radius 1 is 1.26 bits per heavy atom. The molecule has 3 amide bonds. The summed E-state index contributed by atoms with van der Waals surface area (Å²) in [5.41, 5.74) is 6.46. The predicted molar refractivity (Wildman–Crippen MR) is 74.4 cm³/mol. The molecule has 0 spiro atoms. The Morgan fingerprint density at radius 3 is 2.63 bits per heavy atom. The standard InChI is InChI=1S/C12H11Cl2N3O2/c13-7-2-3-8(14)11-10(7)6(5-16-11)1-4-9(18)17-12(15)19/h2-3,5,16H,1,4H2,(H3,15,17,18,19). The molecule has 1 heterocycles. The summed E-state index contributed by atoms with van der Waals surface area (Å²) in [6.07, 6.45) is 2.32. The summed E-state index contributed by atoms with van der Waals surface area (Å²) in [5, 5.41) is 3.93. The monoisotopic (exact) mass is 299 g/mol. The smallest absolute Gasteiger partial charge is 0.318 e. The number of fused-ring (bicyclic) bond motifs is 1. The fraction of sp³-hybridized carbons (Fsp3) is 0.167. The van der Waals surface area contributed by atoms with Crippen LogP contribution in [0.3, 0.4) is 0 Å². The summed E-state index contributed by atoms with van der Waals surface area (Å²) in [6, 6.07) is 2.55. The lowest BCUT2D eigenvalue weighted by Gasteiger charge is -2.02. The molecule has 19 heavy (non-hydrogen) atoms. The first kappa shape index (κ1) is 13.7. The van der Waals surface area contributed by atoms with Gasteiger partial charge in [-0.3, -0.25) is 10.1 Å². The highest BCUT2D eigenvalue weighted by atomic mass is 35.5. The molecule has 0 atom stereocenters. The first-order valence-corrected chi connectivity index (χ1v) is 6.28. The largest absolute Gasteiger partial charge is 0.360 e. The number of aromatic amines is 1. The molecule has 1 aromatic heterocycles. The van der Waals surface area contributed by atoms with Crippen LogP contribution in [-0.4, -0.2) is 16.9 Å². The first-order chi connectivity index (χ1) is 8.99. The molecule has 0 bridgehead atoms. The van der Waals surface area contributed by atoms with E-state index < -0.39 is 11.9 Å². The molecule has 2 rings (SSSR count). The molecule has 5 nitrogen and oxygen atoms in total. The number of primary amides is 1. The number of amides is 3. The fourth-order valence-corrected chi connectivity index (χ4v) is 2.37. The quantitative estimate of drug-likeness (QED) is 0.813. The second-order valence-electron chi connectivity index (χ2n) is 4.01. The van der Waals surface area contributed by atoms with E-state index in [0.717, 1.165) is 16.5 Å². The van der Waals surface area contributed by atoms with E-state index in [2.05, 4.69) is 4.98 Å². The van der Waals surface area contributed by atoms with Crippen molar-refractivity contribution in [1.29, 1.82) is 0 Å². The number of rotatable bonds is 3. The number of imide groups is 1. The minimum atomic E-state index is -0.856. The zero-order chi connectivity index (χ0) is 14.0. The molecular formula is C12H11Cl2N3O2. The lowest BCUT2D eigenvalue weighted by atomic mass is 10.1. The molecule has 0 saturated carbocycles. The van der Waals surface area contributed by atoms with Crippen molar-refractivity contribution in [3.63, 3.8) is 0 Å². The molecule has 4 N–H and O–H groups in total. The number of H-pyrrole nitrogens is 1. The molecule has 7 heteroatoms. The van der Waals surface area contributed by atoms with Gasteiger partial charge in [0.25, 0.3) is 0 Å². The molecule has 0 unspecified atom stereocenters. The lowest BCUT2D eigenvalue weighted by Crippen LogP contribution is -2.35. The summed E-state index contributed by atoms with van der Waals surface area (Å²) in [6.45, 7) is 0. The van der Waals surface area contributed by atoms with E-state index in [1.54, 1.807) is 18.3 Å². The molecule has 1 aromatic carbocycles. The maximum absolute atomic E-state index is 11.4. The van der Waals surface area contributed by atoms with Crippen molar-refractivity contribution in [2.45, 2.75) is 12.8 Å². The van der Waals surface area contributed by atoms with Gasteiger partial charge in [0.1, 0.15) is 0 Å². The zero-order valence-corrected chi connectivity index (χ0v) is 11.3. The Kier molecular flexibility index (Phi) is 3.97. The number of nitrogens with two attached hydrogens (primary N) is 1. The van der Waals surface area contributed by atoms with Gasteiger partial charge >= 0.3 is 6.03 Å². The van der Waals surface area contributed by atoms with Crippen molar-refractivity contribution in [2.24, 2.45) is 5.73 Å². The SMILES string of the molecule is NC(=O)NC(=O)CCc1c[nH]c2c(Cl)ccc(Cl)c12. The van der Waals surface area contributed by atoms with Crippen LogP contribution >= 0.6 is 23.2 Å². The maximum atomic E-state index is 11.4. The van der Waals surface area contributed by atoms with Crippen molar-refractivity contribution in [3.8, 4) is 0 Å². The molecule has 100 valence electrons. The van der Waals surface area contributed by atoms with E-state index >= 15 is 0 Å². The van der Waals surface area contributed by atoms with Crippen LogP contribution < -0.4 is 11.1 Å². The summed E-state index contributed by atoms with van der Waals surface area (Å²) in [4.78, 5) is 24.9. The maximum Gasteiger partial charge on any atom is 0.318 e. The molecule has 0 aliphatic rings. The molecule has 0 aliphatic carbocycles. The van der Waals surface area contributed by atoms with E-state index in [1.807, 2.05) is 5.32 Å².